The lowest BCUT2D eigenvalue weighted by atomic mass is 10.2. The minimum absolute atomic E-state index is 0.0614. The van der Waals surface area contributed by atoms with Gasteiger partial charge in [0.15, 0.2) is 5.43 Å². The third-order valence-electron chi connectivity index (χ3n) is 2.64. The van der Waals surface area contributed by atoms with Crippen molar-refractivity contribution in [3.63, 3.8) is 0 Å². The van der Waals surface area contributed by atoms with Crippen molar-refractivity contribution in [2.24, 2.45) is 7.05 Å². The summed E-state index contributed by atoms with van der Waals surface area (Å²) < 4.78 is 1.89. The molecular formula is C13H23N3O2. The van der Waals surface area contributed by atoms with Crippen molar-refractivity contribution in [1.82, 2.24) is 9.88 Å². The van der Waals surface area contributed by atoms with E-state index in [1.165, 1.54) is 13.0 Å². The quantitative estimate of drug-likeness (QED) is 0.856. The summed E-state index contributed by atoms with van der Waals surface area (Å²) in [6.07, 6.45) is 0. The van der Waals surface area contributed by atoms with E-state index in [-0.39, 0.29) is 17.9 Å². The maximum absolute atomic E-state index is 11.8. The highest BCUT2D eigenvalue weighted by Gasteiger charge is 2.09. The SMILES string of the molecule is CC.CNc1cc(=O)c(CNC(C)=O)c(C)n1C. The van der Waals surface area contributed by atoms with Gasteiger partial charge in [-0.05, 0) is 6.92 Å². The molecule has 0 unspecified atom stereocenters. The van der Waals surface area contributed by atoms with E-state index in [0.717, 1.165) is 11.5 Å². The van der Waals surface area contributed by atoms with Gasteiger partial charge in [-0.2, -0.15) is 0 Å². The summed E-state index contributed by atoms with van der Waals surface area (Å²) in [6.45, 7) is 7.57. The standard InChI is InChI=1S/C11H17N3O2.C2H6/c1-7-9(6-13-8(2)15)10(16)5-11(12-3)14(7)4;1-2/h5,12H,6H2,1-4H3,(H,13,15);1-2H3. The van der Waals surface area contributed by atoms with Crippen LogP contribution in [0.1, 0.15) is 32.0 Å². The van der Waals surface area contributed by atoms with Crippen LogP contribution in [0.3, 0.4) is 0 Å². The molecule has 1 heterocycles. The van der Waals surface area contributed by atoms with Crippen LogP contribution in [0.15, 0.2) is 10.9 Å². The summed E-state index contributed by atoms with van der Waals surface area (Å²) in [6, 6.07) is 1.53. The molecule has 0 saturated carbocycles. The average Bonchev–Trinajstić information content (AvgIpc) is 2.35. The van der Waals surface area contributed by atoms with E-state index in [1.54, 1.807) is 7.05 Å². The summed E-state index contributed by atoms with van der Waals surface area (Å²) in [7, 11) is 3.64. The number of nitrogens with zero attached hydrogens (tertiary/aromatic N) is 1. The summed E-state index contributed by atoms with van der Waals surface area (Å²) >= 11 is 0. The van der Waals surface area contributed by atoms with Crippen LogP contribution in [-0.4, -0.2) is 17.5 Å². The van der Waals surface area contributed by atoms with Gasteiger partial charge in [0.05, 0.1) is 0 Å². The Kier molecular flexibility index (Phi) is 6.78. The fraction of sp³-hybridized carbons (Fsp3) is 0.538. The van der Waals surface area contributed by atoms with Gasteiger partial charge >= 0.3 is 0 Å². The smallest absolute Gasteiger partial charge is 0.217 e. The Morgan fingerprint density at radius 1 is 1.39 bits per heavy atom. The topological polar surface area (TPSA) is 63.1 Å². The molecule has 0 aliphatic rings. The lowest BCUT2D eigenvalue weighted by Crippen LogP contribution is -2.26. The molecule has 0 spiro atoms. The van der Waals surface area contributed by atoms with Crippen molar-refractivity contribution >= 4 is 11.7 Å². The number of aromatic nitrogens is 1. The minimum Gasteiger partial charge on any atom is -0.374 e. The molecular weight excluding hydrogens is 230 g/mol. The van der Waals surface area contributed by atoms with Gasteiger partial charge < -0.3 is 15.2 Å². The van der Waals surface area contributed by atoms with Crippen molar-refractivity contribution in [2.45, 2.75) is 34.2 Å². The first-order chi connectivity index (χ1) is 8.47. The molecule has 5 nitrogen and oxygen atoms in total. The van der Waals surface area contributed by atoms with Gasteiger partial charge in [-0.25, -0.2) is 0 Å². The second-order valence-electron chi connectivity index (χ2n) is 3.68. The third kappa shape index (κ3) is 3.91. The van der Waals surface area contributed by atoms with Crippen LogP contribution in [0.2, 0.25) is 0 Å². The molecule has 5 heteroatoms. The second-order valence-corrected chi connectivity index (χ2v) is 3.68. The molecule has 2 N–H and O–H groups in total. The zero-order valence-electron chi connectivity index (χ0n) is 12.0. The summed E-state index contributed by atoms with van der Waals surface area (Å²) in [5.41, 5.74) is 1.41. The first-order valence-electron chi connectivity index (χ1n) is 6.09. The number of pyridine rings is 1. The Morgan fingerprint density at radius 2 is 1.94 bits per heavy atom. The molecule has 0 fully saturated rings. The van der Waals surface area contributed by atoms with Gasteiger partial charge in [0, 0.05) is 44.9 Å². The lowest BCUT2D eigenvalue weighted by Gasteiger charge is -2.15. The predicted molar refractivity (Wildman–Crippen MR) is 74.8 cm³/mol. The van der Waals surface area contributed by atoms with E-state index in [9.17, 15) is 9.59 Å². The largest absolute Gasteiger partial charge is 0.374 e. The van der Waals surface area contributed by atoms with E-state index < -0.39 is 0 Å². The molecule has 102 valence electrons. The van der Waals surface area contributed by atoms with Gasteiger partial charge in [-0.3, -0.25) is 9.59 Å². The van der Waals surface area contributed by atoms with Gasteiger partial charge in [0.25, 0.3) is 0 Å². The Balaban J connectivity index is 0.00000137. The summed E-state index contributed by atoms with van der Waals surface area (Å²) in [5, 5.41) is 5.58. The monoisotopic (exact) mass is 253 g/mol. The fourth-order valence-electron chi connectivity index (χ4n) is 1.54. The normalized spacial score (nSPS) is 9.22. The first-order valence-corrected chi connectivity index (χ1v) is 6.09. The molecule has 0 saturated heterocycles. The minimum atomic E-state index is -0.140. The van der Waals surface area contributed by atoms with E-state index in [0.29, 0.717) is 5.56 Å². The molecule has 1 aromatic rings. The summed E-state index contributed by atoms with van der Waals surface area (Å²) in [4.78, 5) is 22.6. The molecule has 0 radical (unpaired) electrons. The van der Waals surface area contributed by atoms with Gasteiger partial charge in [0.2, 0.25) is 5.91 Å². The van der Waals surface area contributed by atoms with Gasteiger partial charge in [-0.15, -0.1) is 0 Å². The van der Waals surface area contributed by atoms with Crippen molar-refractivity contribution < 1.29 is 4.79 Å². The molecule has 1 aromatic heterocycles. The number of carbonyl (C=O) groups is 1. The lowest BCUT2D eigenvalue weighted by molar-refractivity contribution is -0.119. The van der Waals surface area contributed by atoms with E-state index in [2.05, 4.69) is 10.6 Å². The first kappa shape index (κ1) is 16.2. The van der Waals surface area contributed by atoms with Crippen molar-refractivity contribution in [2.75, 3.05) is 12.4 Å². The highest BCUT2D eigenvalue weighted by Crippen LogP contribution is 2.09. The molecule has 0 aliphatic carbocycles. The molecule has 0 aromatic carbocycles. The number of anilines is 1. The molecule has 18 heavy (non-hydrogen) atoms. The van der Waals surface area contributed by atoms with E-state index >= 15 is 0 Å². The van der Waals surface area contributed by atoms with Crippen LogP contribution < -0.4 is 16.1 Å². The Hall–Kier alpha value is -1.78. The summed E-state index contributed by atoms with van der Waals surface area (Å²) in [5.74, 6) is 0.619. The maximum atomic E-state index is 11.8. The van der Waals surface area contributed by atoms with Gasteiger partial charge in [-0.1, -0.05) is 13.8 Å². The van der Waals surface area contributed by atoms with Crippen LogP contribution in [-0.2, 0) is 18.4 Å². The zero-order chi connectivity index (χ0) is 14.3. The number of hydrogen-bond acceptors (Lipinski definition) is 3. The number of rotatable bonds is 3. The Bertz CT molecular complexity index is 464. The number of hydrogen-bond donors (Lipinski definition) is 2. The molecule has 0 bridgehead atoms. The Morgan fingerprint density at radius 3 is 2.39 bits per heavy atom. The predicted octanol–water partition coefficient (Wildman–Crippen LogP) is 1.40. The van der Waals surface area contributed by atoms with Crippen LogP contribution in [0.4, 0.5) is 5.82 Å². The van der Waals surface area contributed by atoms with Gasteiger partial charge in [0.1, 0.15) is 5.82 Å². The molecule has 1 amide bonds. The molecule has 0 aliphatic heterocycles. The second kappa shape index (κ2) is 7.53. The van der Waals surface area contributed by atoms with Crippen LogP contribution in [0, 0.1) is 6.92 Å². The van der Waals surface area contributed by atoms with Crippen LogP contribution >= 0.6 is 0 Å². The zero-order valence-corrected chi connectivity index (χ0v) is 12.0. The van der Waals surface area contributed by atoms with Crippen LogP contribution in [0.5, 0.6) is 0 Å². The number of carbonyl (C=O) groups excluding carboxylic acids is 1. The van der Waals surface area contributed by atoms with Crippen molar-refractivity contribution in [1.29, 1.82) is 0 Å². The highest BCUT2D eigenvalue weighted by atomic mass is 16.1. The third-order valence-corrected chi connectivity index (χ3v) is 2.64. The average molecular weight is 253 g/mol. The van der Waals surface area contributed by atoms with E-state index in [1.807, 2.05) is 32.4 Å². The highest BCUT2D eigenvalue weighted by molar-refractivity contribution is 5.72. The number of amides is 1. The van der Waals surface area contributed by atoms with Crippen LogP contribution in [0.25, 0.3) is 0 Å². The maximum Gasteiger partial charge on any atom is 0.217 e. The van der Waals surface area contributed by atoms with Crippen molar-refractivity contribution in [3.05, 3.63) is 27.5 Å². The molecule has 0 atom stereocenters. The number of nitrogens with one attached hydrogen (secondary N) is 2. The van der Waals surface area contributed by atoms with Crippen molar-refractivity contribution in [3.8, 4) is 0 Å². The molecule has 1 rings (SSSR count). The fourth-order valence-corrected chi connectivity index (χ4v) is 1.54. The van der Waals surface area contributed by atoms with E-state index in [4.69, 9.17) is 0 Å². The Labute approximate surface area is 108 Å².